The predicted octanol–water partition coefficient (Wildman–Crippen LogP) is 0.969. The molecule has 6 nitrogen and oxygen atoms in total. The minimum absolute atomic E-state index is 0.0973. The number of likely N-dealkylation sites (N-methyl/N-ethyl adjacent to an activating group) is 1. The van der Waals surface area contributed by atoms with Gasteiger partial charge in [-0.15, -0.1) is 0 Å². The molecule has 3 N–H and O–H groups in total. The van der Waals surface area contributed by atoms with Crippen LogP contribution in [0.5, 0.6) is 0 Å². The van der Waals surface area contributed by atoms with Gasteiger partial charge in [0.25, 0.3) is 0 Å². The molecule has 6 heteroatoms. The summed E-state index contributed by atoms with van der Waals surface area (Å²) in [5.41, 5.74) is 7.25. The van der Waals surface area contributed by atoms with E-state index in [-0.39, 0.29) is 18.4 Å². The molecule has 1 aromatic rings. The molecule has 0 fully saturated rings. The Morgan fingerprint density at radius 1 is 1.38 bits per heavy atom. The third-order valence-corrected chi connectivity index (χ3v) is 2.87. The van der Waals surface area contributed by atoms with Gasteiger partial charge in [-0.3, -0.25) is 14.5 Å². The van der Waals surface area contributed by atoms with Crippen LogP contribution in [-0.4, -0.2) is 43.5 Å². The molecule has 21 heavy (non-hydrogen) atoms. The summed E-state index contributed by atoms with van der Waals surface area (Å²) in [6.07, 6.45) is 0.308. The summed E-state index contributed by atoms with van der Waals surface area (Å²) in [6.45, 7) is 3.24. The van der Waals surface area contributed by atoms with Gasteiger partial charge in [0.15, 0.2) is 0 Å². The van der Waals surface area contributed by atoms with Crippen molar-refractivity contribution < 1.29 is 14.3 Å². The van der Waals surface area contributed by atoms with Crippen molar-refractivity contribution in [3.8, 4) is 0 Å². The molecular formula is C15H23N3O3. The lowest BCUT2D eigenvalue weighted by atomic mass is 10.2. The molecule has 116 valence electrons. The lowest BCUT2D eigenvalue weighted by molar-refractivity contribution is -0.144. The number of anilines is 1. The van der Waals surface area contributed by atoms with Gasteiger partial charge in [0.1, 0.15) is 0 Å². The van der Waals surface area contributed by atoms with Crippen molar-refractivity contribution in [1.82, 2.24) is 4.90 Å². The molecule has 0 spiro atoms. The molecule has 0 aliphatic carbocycles. The Balaban J connectivity index is 2.34. The Hall–Kier alpha value is -1.92. The average molecular weight is 293 g/mol. The Bertz CT molecular complexity index is 477. The first-order valence-electron chi connectivity index (χ1n) is 6.98. The van der Waals surface area contributed by atoms with Crippen molar-refractivity contribution in [3.63, 3.8) is 0 Å². The normalized spacial score (nSPS) is 10.5. The first-order chi connectivity index (χ1) is 10.0. The molecule has 0 heterocycles. The molecule has 0 aliphatic heterocycles. The number of hydrogen-bond donors (Lipinski definition) is 2. The molecule has 0 atom stereocenters. The van der Waals surface area contributed by atoms with Gasteiger partial charge in [0.05, 0.1) is 13.2 Å². The summed E-state index contributed by atoms with van der Waals surface area (Å²) in [7, 11) is 1.78. The summed E-state index contributed by atoms with van der Waals surface area (Å²) in [6, 6.07) is 7.42. The van der Waals surface area contributed by atoms with E-state index in [1.807, 2.05) is 24.3 Å². The van der Waals surface area contributed by atoms with E-state index >= 15 is 0 Å². The quantitative estimate of drug-likeness (QED) is 0.698. The molecular weight excluding hydrogens is 270 g/mol. The fourth-order valence-electron chi connectivity index (χ4n) is 1.80. The number of nitrogens with two attached hydrogens (primary N) is 1. The predicted molar refractivity (Wildman–Crippen MR) is 81.7 cm³/mol. The zero-order valence-electron chi connectivity index (χ0n) is 12.6. The van der Waals surface area contributed by atoms with Crippen molar-refractivity contribution in [1.29, 1.82) is 0 Å². The van der Waals surface area contributed by atoms with E-state index in [9.17, 15) is 9.59 Å². The maximum absolute atomic E-state index is 11.8. The van der Waals surface area contributed by atoms with Crippen molar-refractivity contribution in [3.05, 3.63) is 29.8 Å². The average Bonchev–Trinajstić information content (AvgIpc) is 2.45. The van der Waals surface area contributed by atoms with Gasteiger partial charge in [-0.05, 0) is 31.7 Å². The van der Waals surface area contributed by atoms with E-state index in [2.05, 4.69) is 5.32 Å². The van der Waals surface area contributed by atoms with Gasteiger partial charge in [0.2, 0.25) is 5.91 Å². The summed E-state index contributed by atoms with van der Waals surface area (Å²) in [4.78, 5) is 24.9. The van der Waals surface area contributed by atoms with Crippen LogP contribution in [0.2, 0.25) is 0 Å². The molecule has 0 unspecified atom stereocenters. The third kappa shape index (κ3) is 6.87. The first kappa shape index (κ1) is 17.1. The molecule has 1 rings (SSSR count). The van der Waals surface area contributed by atoms with Crippen molar-refractivity contribution in [2.24, 2.45) is 5.73 Å². The molecule has 0 saturated heterocycles. The zero-order chi connectivity index (χ0) is 15.7. The van der Waals surface area contributed by atoms with Gasteiger partial charge in [0, 0.05) is 25.2 Å². The minimum atomic E-state index is -0.281. The van der Waals surface area contributed by atoms with Crippen LogP contribution < -0.4 is 11.1 Å². The standard InChI is InChI=1S/C15H23N3O3/c1-3-21-15(20)11-18(2)8-7-14(19)17-13-6-4-5-12(9-13)10-16/h4-6,9H,3,7-8,10-11,16H2,1-2H3,(H,17,19). The topological polar surface area (TPSA) is 84.7 Å². The highest BCUT2D eigenvalue weighted by Crippen LogP contribution is 2.10. The third-order valence-electron chi connectivity index (χ3n) is 2.87. The number of carbonyl (C=O) groups is 2. The number of nitrogens with zero attached hydrogens (tertiary/aromatic N) is 1. The highest BCUT2D eigenvalue weighted by molar-refractivity contribution is 5.90. The summed E-state index contributed by atoms with van der Waals surface area (Å²) >= 11 is 0. The fourth-order valence-corrected chi connectivity index (χ4v) is 1.80. The monoisotopic (exact) mass is 293 g/mol. The Morgan fingerprint density at radius 3 is 2.81 bits per heavy atom. The Labute approximate surface area is 125 Å². The van der Waals surface area contributed by atoms with E-state index in [1.54, 1.807) is 18.9 Å². The second-order valence-corrected chi connectivity index (χ2v) is 4.75. The Kier molecular flexibility index (Phi) is 7.42. The van der Waals surface area contributed by atoms with Crippen LogP contribution in [0.15, 0.2) is 24.3 Å². The summed E-state index contributed by atoms with van der Waals surface area (Å²) in [5, 5.41) is 2.81. The number of amides is 1. The number of hydrogen-bond acceptors (Lipinski definition) is 5. The molecule has 1 aromatic carbocycles. The van der Waals surface area contributed by atoms with Crippen LogP contribution in [0.1, 0.15) is 18.9 Å². The lowest BCUT2D eigenvalue weighted by Crippen LogP contribution is -2.30. The van der Waals surface area contributed by atoms with E-state index in [0.717, 1.165) is 11.3 Å². The fraction of sp³-hybridized carbons (Fsp3) is 0.467. The maximum Gasteiger partial charge on any atom is 0.320 e. The first-order valence-corrected chi connectivity index (χ1v) is 6.98. The van der Waals surface area contributed by atoms with Gasteiger partial charge < -0.3 is 15.8 Å². The number of nitrogens with one attached hydrogen (secondary N) is 1. The number of esters is 1. The largest absolute Gasteiger partial charge is 0.465 e. The van der Waals surface area contributed by atoms with Crippen LogP contribution in [0.3, 0.4) is 0 Å². The van der Waals surface area contributed by atoms with Gasteiger partial charge in [-0.25, -0.2) is 0 Å². The highest BCUT2D eigenvalue weighted by Gasteiger charge is 2.09. The SMILES string of the molecule is CCOC(=O)CN(C)CCC(=O)Nc1cccc(CN)c1. The van der Waals surface area contributed by atoms with Crippen molar-refractivity contribution >= 4 is 17.6 Å². The van der Waals surface area contributed by atoms with E-state index in [0.29, 0.717) is 26.1 Å². The lowest BCUT2D eigenvalue weighted by Gasteiger charge is -2.15. The summed E-state index contributed by atoms with van der Waals surface area (Å²) in [5.74, 6) is -0.379. The van der Waals surface area contributed by atoms with E-state index in [4.69, 9.17) is 10.5 Å². The number of rotatable bonds is 8. The van der Waals surface area contributed by atoms with Crippen LogP contribution in [0.25, 0.3) is 0 Å². The van der Waals surface area contributed by atoms with E-state index in [1.165, 1.54) is 0 Å². The smallest absolute Gasteiger partial charge is 0.320 e. The molecule has 0 bridgehead atoms. The van der Waals surface area contributed by atoms with Crippen molar-refractivity contribution in [2.75, 3.05) is 32.1 Å². The highest BCUT2D eigenvalue weighted by atomic mass is 16.5. The molecule has 0 saturated carbocycles. The van der Waals surface area contributed by atoms with Crippen LogP contribution >= 0.6 is 0 Å². The molecule has 0 aromatic heterocycles. The van der Waals surface area contributed by atoms with Crippen LogP contribution in [-0.2, 0) is 20.9 Å². The second-order valence-electron chi connectivity index (χ2n) is 4.75. The van der Waals surface area contributed by atoms with Gasteiger partial charge in [-0.2, -0.15) is 0 Å². The van der Waals surface area contributed by atoms with Gasteiger partial charge in [-0.1, -0.05) is 12.1 Å². The minimum Gasteiger partial charge on any atom is -0.465 e. The number of carbonyl (C=O) groups excluding carboxylic acids is 2. The summed E-state index contributed by atoms with van der Waals surface area (Å²) < 4.78 is 4.85. The zero-order valence-corrected chi connectivity index (χ0v) is 12.6. The van der Waals surface area contributed by atoms with Crippen LogP contribution in [0.4, 0.5) is 5.69 Å². The van der Waals surface area contributed by atoms with E-state index < -0.39 is 0 Å². The van der Waals surface area contributed by atoms with Crippen LogP contribution in [0, 0.1) is 0 Å². The molecule has 1 amide bonds. The van der Waals surface area contributed by atoms with Gasteiger partial charge >= 0.3 is 5.97 Å². The second kappa shape index (κ2) is 9.10. The number of ether oxygens (including phenoxy) is 1. The Morgan fingerprint density at radius 2 is 2.14 bits per heavy atom. The van der Waals surface area contributed by atoms with Crippen molar-refractivity contribution in [2.45, 2.75) is 19.9 Å². The molecule has 0 aliphatic rings. The molecule has 0 radical (unpaired) electrons. The maximum atomic E-state index is 11.8. The number of benzene rings is 1.